The fourth-order valence-electron chi connectivity index (χ4n) is 3.89. The van der Waals surface area contributed by atoms with Gasteiger partial charge in [0.15, 0.2) is 0 Å². The number of ether oxygens (including phenoxy) is 1. The normalized spacial score (nSPS) is 13.7. The molecule has 0 saturated heterocycles. The van der Waals surface area contributed by atoms with Gasteiger partial charge in [0.25, 0.3) is 0 Å². The number of fused-ring (bicyclic) bond motifs is 2. The van der Waals surface area contributed by atoms with Crippen molar-refractivity contribution in [3.63, 3.8) is 0 Å². The summed E-state index contributed by atoms with van der Waals surface area (Å²) in [5, 5.41) is 2.07. The molecular formula is C23H24N2O4S. The van der Waals surface area contributed by atoms with Gasteiger partial charge in [0.2, 0.25) is 15.9 Å². The van der Waals surface area contributed by atoms with Gasteiger partial charge in [-0.15, -0.1) is 0 Å². The lowest BCUT2D eigenvalue weighted by Gasteiger charge is -2.19. The van der Waals surface area contributed by atoms with Crippen molar-refractivity contribution in [3.05, 3.63) is 65.7 Å². The minimum atomic E-state index is -3.65. The van der Waals surface area contributed by atoms with Gasteiger partial charge in [-0.2, -0.15) is 4.31 Å². The third-order valence-electron chi connectivity index (χ3n) is 5.55. The first-order valence-electron chi connectivity index (χ1n) is 9.73. The molecule has 30 heavy (non-hydrogen) atoms. The Labute approximate surface area is 176 Å². The van der Waals surface area contributed by atoms with Crippen molar-refractivity contribution in [1.29, 1.82) is 0 Å². The SMILES string of the molecule is COc1ccc2cc(CN(C)S(=O)(=O)c3ccc4c(c3)CCN4C(C)=O)ccc2c1. The maximum atomic E-state index is 13.1. The lowest BCUT2D eigenvalue weighted by Crippen LogP contribution is -2.27. The molecule has 0 spiro atoms. The molecule has 1 amide bonds. The molecular weight excluding hydrogens is 400 g/mol. The van der Waals surface area contributed by atoms with Crippen LogP contribution in [0.2, 0.25) is 0 Å². The Balaban J connectivity index is 1.58. The molecule has 0 bridgehead atoms. The number of carbonyl (C=O) groups is 1. The molecule has 0 atom stereocenters. The van der Waals surface area contributed by atoms with Gasteiger partial charge in [-0.1, -0.05) is 18.2 Å². The first-order chi connectivity index (χ1) is 14.3. The second kappa shape index (κ2) is 7.74. The number of amides is 1. The highest BCUT2D eigenvalue weighted by Gasteiger charge is 2.26. The number of carbonyl (C=O) groups excluding carboxylic acids is 1. The zero-order valence-electron chi connectivity index (χ0n) is 17.3. The van der Waals surface area contributed by atoms with E-state index in [0.29, 0.717) is 13.0 Å². The average Bonchev–Trinajstić information content (AvgIpc) is 3.17. The van der Waals surface area contributed by atoms with E-state index in [-0.39, 0.29) is 17.3 Å². The maximum Gasteiger partial charge on any atom is 0.243 e. The van der Waals surface area contributed by atoms with Gasteiger partial charge < -0.3 is 9.64 Å². The summed E-state index contributed by atoms with van der Waals surface area (Å²) in [7, 11) is -0.434. The lowest BCUT2D eigenvalue weighted by atomic mass is 10.1. The topological polar surface area (TPSA) is 66.9 Å². The van der Waals surface area contributed by atoms with Crippen LogP contribution in [0.5, 0.6) is 5.75 Å². The Morgan fingerprint density at radius 1 is 1.07 bits per heavy atom. The highest BCUT2D eigenvalue weighted by molar-refractivity contribution is 7.89. The average molecular weight is 425 g/mol. The van der Waals surface area contributed by atoms with Crippen LogP contribution >= 0.6 is 0 Å². The van der Waals surface area contributed by atoms with Crippen LogP contribution in [0.25, 0.3) is 10.8 Å². The van der Waals surface area contributed by atoms with E-state index in [4.69, 9.17) is 4.74 Å². The fourth-order valence-corrected chi connectivity index (χ4v) is 5.10. The smallest absolute Gasteiger partial charge is 0.243 e. The molecule has 7 heteroatoms. The molecule has 0 N–H and O–H groups in total. The van der Waals surface area contributed by atoms with Gasteiger partial charge in [0.1, 0.15) is 5.75 Å². The number of rotatable bonds is 5. The summed E-state index contributed by atoms with van der Waals surface area (Å²) < 4.78 is 32.9. The van der Waals surface area contributed by atoms with Crippen LogP contribution in [-0.4, -0.2) is 39.3 Å². The van der Waals surface area contributed by atoms with Gasteiger partial charge in [0, 0.05) is 32.7 Å². The summed E-state index contributed by atoms with van der Waals surface area (Å²) in [6.45, 7) is 2.38. The number of hydrogen-bond acceptors (Lipinski definition) is 4. The monoisotopic (exact) mass is 424 g/mol. The van der Waals surface area contributed by atoms with Crippen LogP contribution in [0.15, 0.2) is 59.5 Å². The molecule has 0 unspecified atom stereocenters. The van der Waals surface area contributed by atoms with E-state index in [0.717, 1.165) is 33.3 Å². The molecule has 1 aliphatic heterocycles. The first-order valence-corrected chi connectivity index (χ1v) is 11.2. The summed E-state index contributed by atoms with van der Waals surface area (Å²) in [5.41, 5.74) is 2.59. The van der Waals surface area contributed by atoms with Gasteiger partial charge >= 0.3 is 0 Å². The molecule has 3 aromatic rings. The number of hydrogen-bond donors (Lipinski definition) is 0. The van der Waals surface area contributed by atoms with Crippen LogP contribution in [-0.2, 0) is 27.8 Å². The second-order valence-corrected chi connectivity index (χ2v) is 9.56. The molecule has 6 nitrogen and oxygen atoms in total. The minimum absolute atomic E-state index is 0.0320. The highest BCUT2D eigenvalue weighted by Crippen LogP contribution is 2.31. The van der Waals surface area contributed by atoms with E-state index in [1.807, 2.05) is 36.4 Å². The van der Waals surface area contributed by atoms with E-state index in [1.165, 1.54) is 11.2 Å². The maximum absolute atomic E-state index is 13.1. The van der Waals surface area contributed by atoms with Gasteiger partial charge in [-0.05, 0) is 64.7 Å². The summed E-state index contributed by atoms with van der Waals surface area (Å²) >= 11 is 0. The minimum Gasteiger partial charge on any atom is -0.497 e. The zero-order chi connectivity index (χ0) is 21.5. The molecule has 0 radical (unpaired) electrons. The Morgan fingerprint density at radius 2 is 1.80 bits per heavy atom. The van der Waals surface area contributed by atoms with Crippen LogP contribution in [0, 0.1) is 0 Å². The summed E-state index contributed by atoms with van der Waals surface area (Å²) in [4.78, 5) is 13.7. The van der Waals surface area contributed by atoms with E-state index in [9.17, 15) is 13.2 Å². The molecule has 1 heterocycles. The standard InChI is InChI=1S/C23H24N2O4S/c1-16(26)25-11-10-20-14-22(8-9-23(20)25)30(27,28)24(2)15-17-4-5-19-13-21(29-3)7-6-18(19)12-17/h4-9,12-14H,10-11,15H2,1-3H3. The van der Waals surface area contributed by atoms with Crippen molar-refractivity contribution in [2.24, 2.45) is 0 Å². The fraction of sp³-hybridized carbons (Fsp3) is 0.261. The lowest BCUT2D eigenvalue weighted by molar-refractivity contribution is -0.116. The molecule has 0 fully saturated rings. The Morgan fingerprint density at radius 3 is 2.53 bits per heavy atom. The Bertz CT molecular complexity index is 1240. The van der Waals surface area contributed by atoms with Crippen LogP contribution in [0.4, 0.5) is 5.69 Å². The molecule has 3 aromatic carbocycles. The van der Waals surface area contributed by atoms with Crippen molar-refractivity contribution in [2.75, 3.05) is 25.6 Å². The quantitative estimate of drug-likeness (QED) is 0.628. The number of anilines is 1. The van der Waals surface area contributed by atoms with Crippen molar-refractivity contribution < 1.29 is 17.9 Å². The number of methoxy groups -OCH3 is 1. The predicted octanol–water partition coefficient (Wildman–Crippen LogP) is 3.58. The number of benzene rings is 3. The van der Waals surface area contributed by atoms with Crippen molar-refractivity contribution in [3.8, 4) is 5.75 Å². The summed E-state index contributed by atoms with van der Waals surface area (Å²) in [6, 6.07) is 16.7. The zero-order valence-corrected chi connectivity index (χ0v) is 18.1. The molecule has 156 valence electrons. The molecule has 4 rings (SSSR count). The predicted molar refractivity (Wildman–Crippen MR) is 117 cm³/mol. The summed E-state index contributed by atoms with van der Waals surface area (Å²) in [6.07, 6.45) is 0.663. The Kier molecular flexibility index (Phi) is 5.26. The number of nitrogens with zero attached hydrogens (tertiary/aromatic N) is 2. The highest BCUT2D eigenvalue weighted by atomic mass is 32.2. The second-order valence-electron chi connectivity index (χ2n) is 7.52. The van der Waals surface area contributed by atoms with Crippen LogP contribution in [0.3, 0.4) is 0 Å². The largest absolute Gasteiger partial charge is 0.497 e. The van der Waals surface area contributed by atoms with E-state index >= 15 is 0 Å². The third kappa shape index (κ3) is 3.66. The summed E-state index contributed by atoms with van der Waals surface area (Å²) in [5.74, 6) is 0.755. The van der Waals surface area contributed by atoms with E-state index < -0.39 is 10.0 Å². The van der Waals surface area contributed by atoms with Crippen molar-refractivity contribution >= 4 is 32.4 Å². The van der Waals surface area contributed by atoms with Crippen molar-refractivity contribution in [1.82, 2.24) is 4.31 Å². The first kappa shape index (κ1) is 20.4. The Hall–Kier alpha value is -2.90. The molecule has 0 saturated carbocycles. The van der Waals surface area contributed by atoms with Gasteiger partial charge in [-0.3, -0.25) is 4.79 Å². The number of sulfonamides is 1. The molecule has 1 aliphatic rings. The van der Waals surface area contributed by atoms with Crippen LogP contribution < -0.4 is 9.64 Å². The third-order valence-corrected chi connectivity index (χ3v) is 7.35. The molecule has 0 aromatic heterocycles. The van der Waals surface area contributed by atoms with Gasteiger partial charge in [-0.25, -0.2) is 8.42 Å². The van der Waals surface area contributed by atoms with Crippen LogP contribution in [0.1, 0.15) is 18.1 Å². The van der Waals surface area contributed by atoms with Gasteiger partial charge in [0.05, 0.1) is 12.0 Å². The van der Waals surface area contributed by atoms with Crippen molar-refractivity contribution in [2.45, 2.75) is 24.8 Å². The van der Waals surface area contributed by atoms with E-state index in [1.54, 1.807) is 37.3 Å². The van der Waals surface area contributed by atoms with E-state index in [2.05, 4.69) is 0 Å². The molecule has 0 aliphatic carbocycles.